The maximum absolute atomic E-state index is 11.9. The lowest BCUT2D eigenvalue weighted by Crippen LogP contribution is -2.39. The average Bonchev–Trinajstić information content (AvgIpc) is 2.40. The Morgan fingerprint density at radius 2 is 2.18 bits per heavy atom. The van der Waals surface area contributed by atoms with E-state index in [2.05, 4.69) is 17.4 Å². The number of nitrogens with one attached hydrogen (secondary N) is 1. The van der Waals surface area contributed by atoms with Gasteiger partial charge in [0, 0.05) is 6.04 Å². The summed E-state index contributed by atoms with van der Waals surface area (Å²) < 4.78 is 5.15. The van der Waals surface area contributed by atoms with Crippen LogP contribution in [0.3, 0.4) is 0 Å². The molecular formula is C14H19NO2. The third-order valence-corrected chi connectivity index (χ3v) is 3.21. The predicted octanol–water partition coefficient (Wildman–Crippen LogP) is 2.29. The first-order valence-corrected chi connectivity index (χ1v) is 6.28. The van der Waals surface area contributed by atoms with Crippen LogP contribution in [0.4, 0.5) is 0 Å². The number of benzene rings is 1. The maximum Gasteiger partial charge on any atom is 0.310 e. The number of rotatable bonds is 3. The first-order valence-electron chi connectivity index (χ1n) is 6.28. The second kappa shape index (κ2) is 5.82. The van der Waals surface area contributed by atoms with E-state index in [0.717, 1.165) is 19.4 Å². The van der Waals surface area contributed by atoms with Gasteiger partial charge in [-0.05, 0) is 31.9 Å². The molecule has 1 fully saturated rings. The van der Waals surface area contributed by atoms with Crippen LogP contribution in [0.15, 0.2) is 30.3 Å². The van der Waals surface area contributed by atoms with Crippen LogP contribution in [-0.4, -0.2) is 19.1 Å². The van der Waals surface area contributed by atoms with Crippen molar-refractivity contribution in [3.05, 3.63) is 35.9 Å². The minimum Gasteiger partial charge on any atom is -0.466 e. The third kappa shape index (κ3) is 2.86. The molecule has 1 aromatic carbocycles. The fourth-order valence-electron chi connectivity index (χ4n) is 2.40. The van der Waals surface area contributed by atoms with Crippen molar-refractivity contribution in [2.45, 2.75) is 25.8 Å². The Hall–Kier alpha value is -1.35. The molecule has 0 aliphatic carbocycles. The highest BCUT2D eigenvalue weighted by molar-refractivity contribution is 5.73. The number of carbonyl (C=O) groups excluding carboxylic acids is 1. The quantitative estimate of drug-likeness (QED) is 0.814. The van der Waals surface area contributed by atoms with Gasteiger partial charge in [-0.1, -0.05) is 30.3 Å². The van der Waals surface area contributed by atoms with Gasteiger partial charge in [-0.15, -0.1) is 0 Å². The van der Waals surface area contributed by atoms with Gasteiger partial charge in [-0.3, -0.25) is 4.79 Å². The molecule has 1 aliphatic rings. The van der Waals surface area contributed by atoms with Crippen LogP contribution in [-0.2, 0) is 9.53 Å². The molecule has 17 heavy (non-hydrogen) atoms. The number of piperidine rings is 1. The first-order chi connectivity index (χ1) is 8.33. The molecule has 1 saturated heterocycles. The van der Waals surface area contributed by atoms with Crippen LogP contribution in [0.1, 0.15) is 31.4 Å². The topological polar surface area (TPSA) is 38.3 Å². The minimum absolute atomic E-state index is 0.0499. The summed E-state index contributed by atoms with van der Waals surface area (Å²) in [5.41, 5.74) is 1.17. The van der Waals surface area contributed by atoms with Crippen molar-refractivity contribution in [3.63, 3.8) is 0 Å². The largest absolute Gasteiger partial charge is 0.466 e. The molecule has 3 heteroatoms. The van der Waals surface area contributed by atoms with Crippen LogP contribution in [0, 0.1) is 5.92 Å². The van der Waals surface area contributed by atoms with Gasteiger partial charge >= 0.3 is 5.97 Å². The molecule has 0 aromatic heterocycles. The fraction of sp³-hybridized carbons (Fsp3) is 0.500. The normalized spacial score (nSPS) is 24.3. The number of carbonyl (C=O) groups is 1. The Morgan fingerprint density at radius 1 is 1.41 bits per heavy atom. The van der Waals surface area contributed by atoms with Crippen molar-refractivity contribution in [2.75, 3.05) is 13.2 Å². The number of hydrogen-bond donors (Lipinski definition) is 1. The monoisotopic (exact) mass is 233 g/mol. The molecule has 2 rings (SSSR count). The molecule has 92 valence electrons. The molecule has 0 saturated carbocycles. The van der Waals surface area contributed by atoms with E-state index in [0.29, 0.717) is 6.61 Å². The van der Waals surface area contributed by atoms with Gasteiger partial charge in [-0.25, -0.2) is 0 Å². The van der Waals surface area contributed by atoms with Crippen molar-refractivity contribution in [2.24, 2.45) is 5.92 Å². The lowest BCUT2D eigenvalue weighted by molar-refractivity contribution is -0.150. The van der Waals surface area contributed by atoms with Crippen molar-refractivity contribution in [1.29, 1.82) is 0 Å². The van der Waals surface area contributed by atoms with Gasteiger partial charge in [0.2, 0.25) is 0 Å². The molecule has 2 atom stereocenters. The smallest absolute Gasteiger partial charge is 0.310 e. The average molecular weight is 233 g/mol. The number of esters is 1. The highest BCUT2D eigenvalue weighted by Crippen LogP contribution is 2.30. The molecule has 1 aliphatic heterocycles. The van der Waals surface area contributed by atoms with E-state index in [1.165, 1.54) is 5.56 Å². The molecule has 0 bridgehead atoms. The van der Waals surface area contributed by atoms with Crippen molar-refractivity contribution >= 4 is 5.97 Å². The van der Waals surface area contributed by atoms with Crippen molar-refractivity contribution in [1.82, 2.24) is 5.32 Å². The zero-order chi connectivity index (χ0) is 12.1. The second-order valence-electron chi connectivity index (χ2n) is 4.34. The molecule has 1 heterocycles. The van der Waals surface area contributed by atoms with Gasteiger partial charge < -0.3 is 10.1 Å². The van der Waals surface area contributed by atoms with E-state index in [4.69, 9.17) is 4.74 Å². The van der Waals surface area contributed by atoms with E-state index in [1.807, 2.05) is 25.1 Å². The Labute approximate surface area is 102 Å². The van der Waals surface area contributed by atoms with E-state index >= 15 is 0 Å². The minimum atomic E-state index is -0.0754. The summed E-state index contributed by atoms with van der Waals surface area (Å²) in [5.74, 6) is -0.125. The van der Waals surface area contributed by atoms with E-state index in [-0.39, 0.29) is 17.9 Å². The van der Waals surface area contributed by atoms with Crippen LogP contribution < -0.4 is 5.32 Å². The van der Waals surface area contributed by atoms with E-state index in [1.54, 1.807) is 0 Å². The molecular weight excluding hydrogens is 214 g/mol. The number of hydrogen-bond acceptors (Lipinski definition) is 3. The third-order valence-electron chi connectivity index (χ3n) is 3.21. The van der Waals surface area contributed by atoms with Gasteiger partial charge in [0.15, 0.2) is 0 Å². The first kappa shape index (κ1) is 12.1. The fourth-order valence-corrected chi connectivity index (χ4v) is 2.40. The van der Waals surface area contributed by atoms with Gasteiger partial charge in [0.1, 0.15) is 0 Å². The summed E-state index contributed by atoms with van der Waals surface area (Å²) in [6, 6.07) is 10.2. The highest BCUT2D eigenvalue weighted by Gasteiger charge is 2.32. The Balaban J connectivity index is 2.15. The summed E-state index contributed by atoms with van der Waals surface area (Å²) in [4.78, 5) is 11.9. The second-order valence-corrected chi connectivity index (χ2v) is 4.34. The molecule has 3 nitrogen and oxygen atoms in total. The van der Waals surface area contributed by atoms with Crippen LogP contribution in [0.25, 0.3) is 0 Å². The molecule has 1 aromatic rings. The van der Waals surface area contributed by atoms with Gasteiger partial charge in [0.05, 0.1) is 12.5 Å². The van der Waals surface area contributed by atoms with Crippen LogP contribution in [0.5, 0.6) is 0 Å². The SMILES string of the molecule is CCOC(=O)[C@H]1CCCNC1c1ccccc1. The molecule has 1 N–H and O–H groups in total. The van der Waals surface area contributed by atoms with Crippen LogP contribution >= 0.6 is 0 Å². The zero-order valence-electron chi connectivity index (χ0n) is 10.2. The Kier molecular flexibility index (Phi) is 4.15. The lowest BCUT2D eigenvalue weighted by atomic mass is 9.86. The van der Waals surface area contributed by atoms with E-state index in [9.17, 15) is 4.79 Å². The molecule has 0 spiro atoms. The summed E-state index contributed by atoms with van der Waals surface area (Å²) >= 11 is 0. The molecule has 1 unspecified atom stereocenters. The van der Waals surface area contributed by atoms with E-state index < -0.39 is 0 Å². The van der Waals surface area contributed by atoms with Crippen molar-refractivity contribution in [3.8, 4) is 0 Å². The zero-order valence-corrected chi connectivity index (χ0v) is 10.2. The highest BCUT2D eigenvalue weighted by atomic mass is 16.5. The van der Waals surface area contributed by atoms with Gasteiger partial charge in [0.25, 0.3) is 0 Å². The predicted molar refractivity (Wildman–Crippen MR) is 66.5 cm³/mol. The maximum atomic E-state index is 11.9. The summed E-state index contributed by atoms with van der Waals surface area (Å²) in [6.45, 7) is 3.28. The summed E-state index contributed by atoms with van der Waals surface area (Å²) in [7, 11) is 0. The molecule has 0 amide bonds. The number of ether oxygens (including phenoxy) is 1. The van der Waals surface area contributed by atoms with Crippen molar-refractivity contribution < 1.29 is 9.53 Å². The standard InChI is InChI=1S/C14H19NO2/c1-2-17-14(16)12-9-6-10-15-13(12)11-7-4-3-5-8-11/h3-5,7-8,12-13,15H,2,6,9-10H2,1H3/t12-,13?/m0/s1. The van der Waals surface area contributed by atoms with Gasteiger partial charge in [-0.2, -0.15) is 0 Å². The summed E-state index contributed by atoms with van der Waals surface area (Å²) in [6.07, 6.45) is 1.94. The summed E-state index contributed by atoms with van der Waals surface area (Å²) in [5, 5.41) is 3.42. The lowest BCUT2D eigenvalue weighted by Gasteiger charge is -2.31. The molecule has 0 radical (unpaired) electrons. The Bertz CT molecular complexity index is 364. The Morgan fingerprint density at radius 3 is 2.88 bits per heavy atom. The van der Waals surface area contributed by atoms with Crippen LogP contribution in [0.2, 0.25) is 0 Å².